The van der Waals surface area contributed by atoms with Crippen molar-refractivity contribution in [3.05, 3.63) is 6.20 Å². The van der Waals surface area contributed by atoms with Crippen LogP contribution in [0.25, 0.3) is 11.0 Å². The number of nitrogens with one attached hydrogen (secondary N) is 3. The number of fused-ring (bicyclic) bond motifs is 1. The van der Waals surface area contributed by atoms with Crippen molar-refractivity contribution in [2.75, 3.05) is 17.3 Å². The Morgan fingerprint density at radius 1 is 1.24 bits per heavy atom. The van der Waals surface area contributed by atoms with Crippen LogP contribution in [0, 0.1) is 0 Å². The molecule has 0 amide bonds. The van der Waals surface area contributed by atoms with Crippen molar-refractivity contribution >= 4 is 22.8 Å². The van der Waals surface area contributed by atoms with E-state index in [1.54, 1.807) is 6.20 Å². The molecule has 8 heteroatoms. The summed E-state index contributed by atoms with van der Waals surface area (Å²) in [6.45, 7) is 0.467. The fourth-order valence-corrected chi connectivity index (χ4v) is 2.85. The van der Waals surface area contributed by atoms with Crippen molar-refractivity contribution in [3.63, 3.8) is 0 Å². The molecule has 0 bridgehead atoms. The summed E-state index contributed by atoms with van der Waals surface area (Å²) in [5.74, 6) is 6.31. The molecule has 0 radical (unpaired) electrons. The topological polar surface area (TPSA) is 125 Å². The fraction of sp³-hybridized carbons (Fsp3) is 0.615. The summed E-state index contributed by atoms with van der Waals surface area (Å²) in [5, 5.41) is 21.5. The molecule has 1 fully saturated rings. The lowest BCUT2D eigenvalue weighted by molar-refractivity contribution is 0.0381. The normalized spacial score (nSPS) is 18.4. The zero-order valence-corrected chi connectivity index (χ0v) is 11.9. The van der Waals surface area contributed by atoms with Crippen molar-refractivity contribution in [2.24, 2.45) is 5.84 Å². The van der Waals surface area contributed by atoms with Gasteiger partial charge in [-0.2, -0.15) is 15.1 Å². The zero-order chi connectivity index (χ0) is 14.7. The predicted octanol–water partition coefficient (Wildman–Crippen LogP) is 1.14. The molecular formula is C13H21N7O. The maximum absolute atomic E-state index is 10.7. The number of hydrogen-bond donors (Lipinski definition) is 5. The first-order valence-electron chi connectivity index (χ1n) is 7.34. The van der Waals surface area contributed by atoms with Crippen LogP contribution in [0.4, 0.5) is 11.8 Å². The first-order chi connectivity index (χ1) is 10.2. The number of aliphatic hydroxyl groups is 1. The van der Waals surface area contributed by atoms with Crippen LogP contribution in [-0.4, -0.2) is 37.4 Å². The highest BCUT2D eigenvalue weighted by Crippen LogP contribution is 2.28. The summed E-state index contributed by atoms with van der Waals surface area (Å²) >= 11 is 0. The Morgan fingerprint density at radius 2 is 2.00 bits per heavy atom. The molecule has 8 nitrogen and oxygen atoms in total. The molecule has 2 heterocycles. The Hall–Kier alpha value is -1.93. The van der Waals surface area contributed by atoms with Gasteiger partial charge >= 0.3 is 0 Å². The van der Waals surface area contributed by atoms with Crippen LogP contribution in [-0.2, 0) is 0 Å². The number of nitrogen functional groups attached to an aromatic ring is 1. The third-order valence-corrected chi connectivity index (χ3v) is 4.06. The average Bonchev–Trinajstić information content (AvgIpc) is 2.86. The van der Waals surface area contributed by atoms with Crippen LogP contribution in [0.1, 0.15) is 38.5 Å². The van der Waals surface area contributed by atoms with Crippen LogP contribution in [0.5, 0.6) is 0 Å². The van der Waals surface area contributed by atoms with Crippen LogP contribution >= 0.6 is 0 Å². The minimum Gasteiger partial charge on any atom is -0.388 e. The van der Waals surface area contributed by atoms with Crippen molar-refractivity contribution < 1.29 is 5.11 Å². The van der Waals surface area contributed by atoms with Crippen LogP contribution in [0.15, 0.2) is 6.20 Å². The SMILES string of the molecule is NNc1nc(NCC2(O)CCCCCC2)c2cn[nH]c2n1. The lowest BCUT2D eigenvalue weighted by Crippen LogP contribution is -2.36. The maximum atomic E-state index is 10.7. The van der Waals surface area contributed by atoms with Crippen LogP contribution < -0.4 is 16.6 Å². The van der Waals surface area contributed by atoms with E-state index in [2.05, 4.69) is 30.9 Å². The lowest BCUT2D eigenvalue weighted by atomic mass is 9.94. The lowest BCUT2D eigenvalue weighted by Gasteiger charge is -2.27. The highest BCUT2D eigenvalue weighted by Gasteiger charge is 2.28. The largest absolute Gasteiger partial charge is 0.388 e. The second-order valence-corrected chi connectivity index (χ2v) is 5.66. The number of nitrogens with two attached hydrogens (primary N) is 1. The van der Waals surface area contributed by atoms with Gasteiger partial charge in [-0.15, -0.1) is 0 Å². The molecule has 21 heavy (non-hydrogen) atoms. The van der Waals surface area contributed by atoms with Gasteiger partial charge in [-0.25, -0.2) is 5.84 Å². The summed E-state index contributed by atoms with van der Waals surface area (Å²) in [6, 6.07) is 0. The number of nitrogens with zero attached hydrogens (tertiary/aromatic N) is 3. The molecule has 114 valence electrons. The molecule has 1 aliphatic carbocycles. The molecular weight excluding hydrogens is 270 g/mol. The molecule has 3 rings (SSSR count). The highest BCUT2D eigenvalue weighted by molar-refractivity contribution is 5.86. The average molecular weight is 291 g/mol. The second kappa shape index (κ2) is 5.82. The Labute approximate surface area is 122 Å². The fourth-order valence-electron chi connectivity index (χ4n) is 2.85. The number of hydrogen-bond acceptors (Lipinski definition) is 7. The van der Waals surface area contributed by atoms with E-state index >= 15 is 0 Å². The number of hydrazine groups is 1. The second-order valence-electron chi connectivity index (χ2n) is 5.66. The molecule has 0 aliphatic heterocycles. The van der Waals surface area contributed by atoms with E-state index in [1.165, 1.54) is 12.8 Å². The van der Waals surface area contributed by atoms with Gasteiger partial charge in [-0.05, 0) is 12.8 Å². The van der Waals surface area contributed by atoms with Gasteiger partial charge in [0.2, 0.25) is 5.95 Å². The predicted molar refractivity (Wildman–Crippen MR) is 80.6 cm³/mol. The quantitative estimate of drug-likeness (QED) is 0.325. The first kappa shape index (κ1) is 14.0. The minimum absolute atomic E-state index is 0.308. The van der Waals surface area contributed by atoms with Gasteiger partial charge in [-0.3, -0.25) is 10.5 Å². The van der Waals surface area contributed by atoms with E-state index in [4.69, 9.17) is 5.84 Å². The van der Waals surface area contributed by atoms with E-state index in [-0.39, 0.29) is 0 Å². The number of aromatic amines is 1. The standard InChI is InChI=1S/C13H21N7O/c14-19-12-17-10(9-7-16-20-11(9)18-12)15-8-13(21)5-3-1-2-4-6-13/h7,21H,1-6,8,14H2,(H3,15,16,17,18,19,20). The van der Waals surface area contributed by atoms with Crippen LogP contribution in [0.2, 0.25) is 0 Å². The smallest absolute Gasteiger partial charge is 0.241 e. The maximum Gasteiger partial charge on any atom is 0.241 e. The molecule has 0 saturated heterocycles. The molecule has 2 aromatic heterocycles. The van der Waals surface area contributed by atoms with Crippen molar-refractivity contribution in [1.29, 1.82) is 0 Å². The molecule has 0 spiro atoms. The molecule has 1 saturated carbocycles. The van der Waals surface area contributed by atoms with E-state index in [0.29, 0.717) is 24.0 Å². The van der Waals surface area contributed by atoms with Crippen molar-refractivity contribution in [3.8, 4) is 0 Å². The van der Waals surface area contributed by atoms with Gasteiger partial charge < -0.3 is 10.4 Å². The minimum atomic E-state index is -0.673. The summed E-state index contributed by atoms with van der Waals surface area (Å²) in [6.07, 6.45) is 7.84. The molecule has 0 unspecified atom stereocenters. The summed E-state index contributed by atoms with van der Waals surface area (Å²) < 4.78 is 0. The summed E-state index contributed by atoms with van der Waals surface area (Å²) in [7, 11) is 0. The van der Waals surface area contributed by atoms with Crippen LogP contribution in [0.3, 0.4) is 0 Å². The third kappa shape index (κ3) is 3.06. The van der Waals surface area contributed by atoms with E-state index in [0.717, 1.165) is 31.1 Å². The highest BCUT2D eigenvalue weighted by atomic mass is 16.3. The number of H-pyrrole nitrogens is 1. The third-order valence-electron chi connectivity index (χ3n) is 4.06. The Bertz CT molecular complexity index is 604. The Kier molecular flexibility index (Phi) is 3.89. The van der Waals surface area contributed by atoms with Crippen molar-refractivity contribution in [2.45, 2.75) is 44.1 Å². The summed E-state index contributed by atoms with van der Waals surface area (Å²) in [4.78, 5) is 8.47. The van der Waals surface area contributed by atoms with Gasteiger partial charge in [0.25, 0.3) is 0 Å². The van der Waals surface area contributed by atoms with Gasteiger partial charge in [0.15, 0.2) is 5.65 Å². The number of rotatable bonds is 4. The van der Waals surface area contributed by atoms with E-state index < -0.39 is 5.60 Å². The van der Waals surface area contributed by atoms with E-state index in [1.807, 2.05) is 0 Å². The van der Waals surface area contributed by atoms with Gasteiger partial charge in [0.1, 0.15) is 5.82 Å². The van der Waals surface area contributed by atoms with Gasteiger partial charge in [-0.1, -0.05) is 25.7 Å². The van der Waals surface area contributed by atoms with Gasteiger partial charge in [0, 0.05) is 6.54 Å². The monoisotopic (exact) mass is 291 g/mol. The molecule has 6 N–H and O–H groups in total. The number of aromatic nitrogens is 4. The van der Waals surface area contributed by atoms with Crippen molar-refractivity contribution in [1.82, 2.24) is 20.2 Å². The Morgan fingerprint density at radius 3 is 2.71 bits per heavy atom. The molecule has 0 atom stereocenters. The molecule has 0 aromatic carbocycles. The molecule has 2 aromatic rings. The first-order valence-corrected chi connectivity index (χ1v) is 7.34. The van der Waals surface area contributed by atoms with E-state index in [9.17, 15) is 5.11 Å². The Balaban J connectivity index is 1.79. The molecule has 1 aliphatic rings. The number of anilines is 2. The van der Waals surface area contributed by atoms with Gasteiger partial charge in [0.05, 0.1) is 17.2 Å². The zero-order valence-electron chi connectivity index (χ0n) is 11.9. The summed E-state index contributed by atoms with van der Waals surface area (Å²) in [5.41, 5.74) is 2.37.